The van der Waals surface area contributed by atoms with Crippen LogP contribution in [0.3, 0.4) is 0 Å². The molecule has 0 aliphatic carbocycles. The van der Waals surface area contributed by atoms with Gasteiger partial charge in [0.25, 0.3) is 5.91 Å². The zero-order valence-electron chi connectivity index (χ0n) is 16.4. The maximum atomic E-state index is 14.9. The molecule has 4 aromatic rings. The number of carbonyl (C=O) groups is 1. The van der Waals surface area contributed by atoms with Crippen molar-refractivity contribution in [2.75, 3.05) is 4.90 Å². The van der Waals surface area contributed by atoms with Gasteiger partial charge in [0.1, 0.15) is 11.5 Å². The van der Waals surface area contributed by atoms with E-state index >= 15 is 0 Å². The molecule has 0 unspecified atom stereocenters. The van der Waals surface area contributed by atoms with Crippen molar-refractivity contribution >= 4 is 11.6 Å². The lowest BCUT2D eigenvalue weighted by Gasteiger charge is -2.27. The zero-order chi connectivity index (χ0) is 22.5. The molecular weight excluding hydrogens is 422 g/mol. The molecule has 3 aromatic carbocycles. The van der Waals surface area contributed by atoms with Crippen molar-refractivity contribution in [3.63, 3.8) is 0 Å². The lowest BCUT2D eigenvalue weighted by atomic mass is 9.95. The van der Waals surface area contributed by atoms with Crippen LogP contribution in [0.5, 0.6) is 0 Å². The lowest BCUT2D eigenvalue weighted by Crippen LogP contribution is -2.30. The minimum atomic E-state index is -4.59. The van der Waals surface area contributed by atoms with Gasteiger partial charge in [-0.15, -0.1) is 0 Å². The minimum absolute atomic E-state index is 0.0155. The van der Waals surface area contributed by atoms with E-state index in [1.54, 1.807) is 30.3 Å². The average molecular weight is 437 g/mol. The standard InChI is InChI=1S/C24H15F4N3O/c25-18-12-5-4-11-17(18)22-19-20(14-7-2-1-3-8-14)29-30-21(19)23(32)31(22)16-10-6-9-15(13-16)24(26,27)28/h1-13,22H,(H,29,30)/t22-/m0/s1. The number of aromatic nitrogens is 2. The van der Waals surface area contributed by atoms with Gasteiger partial charge in [-0.2, -0.15) is 18.3 Å². The molecule has 2 heterocycles. The number of anilines is 1. The van der Waals surface area contributed by atoms with E-state index in [1.165, 1.54) is 35.2 Å². The van der Waals surface area contributed by atoms with E-state index in [2.05, 4.69) is 10.2 Å². The van der Waals surface area contributed by atoms with Gasteiger partial charge in [0, 0.05) is 22.4 Å². The molecule has 4 nitrogen and oxygen atoms in total. The Kier molecular flexibility index (Phi) is 4.58. The van der Waals surface area contributed by atoms with Crippen LogP contribution in [0, 0.1) is 5.82 Å². The summed E-state index contributed by atoms with van der Waals surface area (Å²) < 4.78 is 54.9. The molecule has 1 amide bonds. The summed E-state index contributed by atoms with van der Waals surface area (Å²) in [6.45, 7) is 0. The van der Waals surface area contributed by atoms with Gasteiger partial charge in [0.05, 0.1) is 17.3 Å². The highest BCUT2D eigenvalue weighted by Gasteiger charge is 2.44. The third kappa shape index (κ3) is 3.15. The number of aromatic amines is 1. The second-order valence-corrected chi connectivity index (χ2v) is 7.37. The van der Waals surface area contributed by atoms with Crippen molar-refractivity contribution in [3.05, 3.63) is 107 Å². The fourth-order valence-electron chi connectivity index (χ4n) is 4.05. The smallest absolute Gasteiger partial charge is 0.295 e. The first-order chi connectivity index (χ1) is 15.4. The Balaban J connectivity index is 1.74. The van der Waals surface area contributed by atoms with Crippen LogP contribution in [0.2, 0.25) is 0 Å². The molecule has 8 heteroatoms. The normalized spacial score (nSPS) is 15.8. The highest BCUT2D eigenvalue weighted by molar-refractivity contribution is 6.11. The van der Waals surface area contributed by atoms with E-state index in [-0.39, 0.29) is 16.9 Å². The molecule has 0 spiro atoms. The van der Waals surface area contributed by atoms with Crippen molar-refractivity contribution in [1.82, 2.24) is 10.2 Å². The van der Waals surface area contributed by atoms with Crippen LogP contribution < -0.4 is 4.90 Å². The predicted molar refractivity (Wildman–Crippen MR) is 111 cm³/mol. The summed E-state index contributed by atoms with van der Waals surface area (Å²) in [5, 5.41) is 6.99. The molecule has 1 aliphatic heterocycles. The summed E-state index contributed by atoms with van der Waals surface area (Å²) in [6.07, 6.45) is -4.59. The zero-order valence-corrected chi connectivity index (χ0v) is 16.4. The van der Waals surface area contributed by atoms with E-state index in [1.807, 2.05) is 6.07 Å². The van der Waals surface area contributed by atoms with Gasteiger partial charge in [0.15, 0.2) is 0 Å². The third-order valence-corrected chi connectivity index (χ3v) is 5.47. The number of nitrogens with one attached hydrogen (secondary N) is 1. The number of nitrogens with zero attached hydrogens (tertiary/aromatic N) is 2. The van der Waals surface area contributed by atoms with Gasteiger partial charge in [-0.1, -0.05) is 54.6 Å². The molecule has 1 N–H and O–H groups in total. The molecular formula is C24H15F4N3O. The Morgan fingerprint density at radius 3 is 2.34 bits per heavy atom. The summed E-state index contributed by atoms with van der Waals surface area (Å²) in [5.74, 6) is -1.16. The van der Waals surface area contributed by atoms with E-state index in [9.17, 15) is 22.4 Å². The molecule has 1 atom stereocenters. The molecule has 5 rings (SSSR count). The maximum absolute atomic E-state index is 14.9. The second-order valence-electron chi connectivity index (χ2n) is 7.37. The summed E-state index contributed by atoms with van der Waals surface area (Å²) >= 11 is 0. The number of hydrogen-bond donors (Lipinski definition) is 1. The van der Waals surface area contributed by atoms with Gasteiger partial charge in [-0.25, -0.2) is 4.39 Å². The monoisotopic (exact) mass is 437 g/mol. The number of rotatable bonds is 3. The van der Waals surface area contributed by atoms with Gasteiger partial charge >= 0.3 is 6.18 Å². The van der Waals surface area contributed by atoms with E-state index < -0.39 is 29.5 Å². The molecule has 0 fully saturated rings. The number of alkyl halides is 3. The number of carbonyl (C=O) groups excluding carboxylic acids is 1. The maximum Gasteiger partial charge on any atom is 0.416 e. The topological polar surface area (TPSA) is 49.0 Å². The molecule has 160 valence electrons. The Morgan fingerprint density at radius 2 is 1.62 bits per heavy atom. The number of H-pyrrole nitrogens is 1. The van der Waals surface area contributed by atoms with Crippen LogP contribution >= 0.6 is 0 Å². The molecule has 32 heavy (non-hydrogen) atoms. The van der Waals surface area contributed by atoms with Crippen LogP contribution in [-0.2, 0) is 6.18 Å². The fourth-order valence-corrected chi connectivity index (χ4v) is 4.05. The molecule has 0 bridgehead atoms. The van der Waals surface area contributed by atoms with Gasteiger partial charge in [-0.05, 0) is 24.3 Å². The average Bonchev–Trinajstić information content (AvgIpc) is 3.33. The largest absolute Gasteiger partial charge is 0.416 e. The minimum Gasteiger partial charge on any atom is -0.295 e. The van der Waals surface area contributed by atoms with Crippen LogP contribution in [-0.4, -0.2) is 16.1 Å². The Labute approximate surface area is 180 Å². The number of fused-ring (bicyclic) bond motifs is 1. The second kappa shape index (κ2) is 7.33. The van der Waals surface area contributed by atoms with Gasteiger partial charge in [-0.3, -0.25) is 14.8 Å². The van der Waals surface area contributed by atoms with Crippen molar-refractivity contribution in [2.24, 2.45) is 0 Å². The van der Waals surface area contributed by atoms with Crippen LogP contribution in [0.25, 0.3) is 11.3 Å². The first kappa shape index (κ1) is 20.0. The van der Waals surface area contributed by atoms with E-state index in [4.69, 9.17) is 0 Å². The van der Waals surface area contributed by atoms with E-state index in [0.29, 0.717) is 16.8 Å². The summed E-state index contributed by atoms with van der Waals surface area (Å²) in [4.78, 5) is 14.5. The molecule has 1 aromatic heterocycles. The van der Waals surface area contributed by atoms with Gasteiger partial charge in [0.2, 0.25) is 0 Å². The van der Waals surface area contributed by atoms with Crippen molar-refractivity contribution in [2.45, 2.75) is 12.2 Å². The van der Waals surface area contributed by atoms with Crippen molar-refractivity contribution in [1.29, 1.82) is 0 Å². The number of benzene rings is 3. The van der Waals surface area contributed by atoms with Crippen LogP contribution in [0.1, 0.15) is 33.2 Å². The number of halogens is 4. The Morgan fingerprint density at radius 1 is 0.906 bits per heavy atom. The summed E-state index contributed by atoms with van der Waals surface area (Å²) in [6, 6.07) is 18.4. The Hall–Kier alpha value is -3.94. The molecule has 0 saturated carbocycles. The summed E-state index contributed by atoms with van der Waals surface area (Å²) in [7, 11) is 0. The highest BCUT2D eigenvalue weighted by atomic mass is 19.4. The molecule has 0 saturated heterocycles. The highest BCUT2D eigenvalue weighted by Crippen LogP contribution is 2.46. The Bertz CT molecular complexity index is 1310. The predicted octanol–water partition coefficient (Wildman–Crippen LogP) is 5.98. The molecule has 1 aliphatic rings. The van der Waals surface area contributed by atoms with Gasteiger partial charge < -0.3 is 0 Å². The number of amides is 1. The molecule has 0 radical (unpaired) electrons. The number of hydrogen-bond acceptors (Lipinski definition) is 2. The van der Waals surface area contributed by atoms with Crippen LogP contribution in [0.4, 0.5) is 23.2 Å². The quantitative estimate of drug-likeness (QED) is 0.401. The first-order valence-electron chi connectivity index (χ1n) is 9.75. The lowest BCUT2D eigenvalue weighted by molar-refractivity contribution is -0.137. The van der Waals surface area contributed by atoms with Crippen molar-refractivity contribution in [3.8, 4) is 11.3 Å². The van der Waals surface area contributed by atoms with Crippen LogP contribution in [0.15, 0.2) is 78.9 Å². The van der Waals surface area contributed by atoms with Crippen molar-refractivity contribution < 1.29 is 22.4 Å². The SMILES string of the molecule is O=C1c2[nH]nc(-c3ccccc3)c2[C@H](c2ccccc2F)N1c1cccc(C(F)(F)F)c1. The fraction of sp³-hybridized carbons (Fsp3) is 0.0833. The first-order valence-corrected chi connectivity index (χ1v) is 9.75. The summed E-state index contributed by atoms with van der Waals surface area (Å²) in [5.41, 5.74) is 0.962. The van der Waals surface area contributed by atoms with E-state index in [0.717, 1.165) is 12.1 Å². The third-order valence-electron chi connectivity index (χ3n) is 5.47.